The number of rotatable bonds is 5. The van der Waals surface area contributed by atoms with Gasteiger partial charge in [-0.15, -0.1) is 0 Å². The number of nitrogens with two attached hydrogens (primary N) is 1. The van der Waals surface area contributed by atoms with Crippen LogP contribution >= 0.6 is 0 Å². The molecule has 16 heavy (non-hydrogen) atoms. The van der Waals surface area contributed by atoms with Crippen molar-refractivity contribution in [2.24, 2.45) is 11.7 Å². The van der Waals surface area contributed by atoms with Gasteiger partial charge in [0.2, 0.25) is 5.89 Å². The Hall–Kier alpha value is -0.900. The van der Waals surface area contributed by atoms with E-state index in [0.717, 1.165) is 37.4 Å². The van der Waals surface area contributed by atoms with E-state index in [2.05, 4.69) is 24.0 Å². The van der Waals surface area contributed by atoms with Gasteiger partial charge in [0.05, 0.1) is 5.41 Å². The summed E-state index contributed by atoms with van der Waals surface area (Å²) in [5.74, 6) is 2.28. The van der Waals surface area contributed by atoms with Crippen molar-refractivity contribution < 1.29 is 4.52 Å². The summed E-state index contributed by atoms with van der Waals surface area (Å²) in [5, 5.41) is 4.04. The summed E-state index contributed by atoms with van der Waals surface area (Å²) in [6.45, 7) is 5.03. The molecule has 1 aromatic rings. The number of hydrogen-bond donors (Lipinski definition) is 1. The molecule has 1 fully saturated rings. The first-order valence-electron chi connectivity index (χ1n) is 6.19. The fourth-order valence-electron chi connectivity index (χ4n) is 2.10. The average Bonchev–Trinajstić information content (AvgIpc) is 2.63. The molecule has 0 aliphatic heterocycles. The predicted molar refractivity (Wildman–Crippen MR) is 62.0 cm³/mol. The molecule has 1 heterocycles. The van der Waals surface area contributed by atoms with E-state index in [-0.39, 0.29) is 5.41 Å². The van der Waals surface area contributed by atoms with E-state index in [4.69, 9.17) is 10.3 Å². The largest absolute Gasteiger partial charge is 0.339 e. The summed E-state index contributed by atoms with van der Waals surface area (Å²) < 4.78 is 5.35. The Morgan fingerprint density at radius 1 is 1.44 bits per heavy atom. The molecule has 90 valence electrons. The minimum atomic E-state index is 0.00306. The zero-order valence-electron chi connectivity index (χ0n) is 10.2. The van der Waals surface area contributed by atoms with Gasteiger partial charge in [-0.3, -0.25) is 0 Å². The zero-order chi connectivity index (χ0) is 11.6. The lowest BCUT2D eigenvalue weighted by molar-refractivity contribution is 0.181. The van der Waals surface area contributed by atoms with E-state index < -0.39 is 0 Å². The quantitative estimate of drug-likeness (QED) is 0.829. The second-order valence-electron chi connectivity index (χ2n) is 5.29. The van der Waals surface area contributed by atoms with Crippen molar-refractivity contribution >= 4 is 0 Å². The highest BCUT2D eigenvalue weighted by Crippen LogP contribution is 2.41. The summed E-state index contributed by atoms with van der Waals surface area (Å²) in [7, 11) is 0. The Balaban J connectivity index is 2.01. The van der Waals surface area contributed by atoms with Crippen LogP contribution in [0.25, 0.3) is 0 Å². The normalized spacial score (nSPS) is 18.8. The minimum Gasteiger partial charge on any atom is -0.339 e. The maximum Gasteiger partial charge on any atom is 0.234 e. The third-order valence-electron chi connectivity index (χ3n) is 3.57. The summed E-state index contributed by atoms with van der Waals surface area (Å²) in [5.41, 5.74) is 5.81. The average molecular weight is 223 g/mol. The van der Waals surface area contributed by atoms with Gasteiger partial charge < -0.3 is 10.3 Å². The van der Waals surface area contributed by atoms with Crippen LogP contribution in [-0.2, 0) is 11.8 Å². The first-order chi connectivity index (χ1) is 7.66. The van der Waals surface area contributed by atoms with E-state index in [9.17, 15) is 0 Å². The van der Waals surface area contributed by atoms with Gasteiger partial charge in [-0.05, 0) is 25.2 Å². The second kappa shape index (κ2) is 4.53. The van der Waals surface area contributed by atoms with Crippen molar-refractivity contribution in [2.45, 2.75) is 51.4 Å². The standard InChI is InChI=1S/C12H21N3O/c1-9(2)4-5-10-14-11(16-15-10)12(8-13)6-3-7-12/h9H,3-8,13H2,1-2H3. The topological polar surface area (TPSA) is 64.9 Å². The SMILES string of the molecule is CC(C)CCc1noc(C2(CN)CCC2)n1. The van der Waals surface area contributed by atoms with Crippen LogP contribution in [0.15, 0.2) is 4.52 Å². The van der Waals surface area contributed by atoms with Gasteiger partial charge in [0, 0.05) is 13.0 Å². The second-order valence-corrected chi connectivity index (χ2v) is 5.29. The number of aryl methyl sites for hydroxylation is 1. The molecule has 1 aromatic heterocycles. The molecule has 1 saturated carbocycles. The molecule has 0 saturated heterocycles. The lowest BCUT2D eigenvalue weighted by Crippen LogP contribution is -2.41. The Labute approximate surface area is 96.6 Å². The fourth-order valence-corrected chi connectivity index (χ4v) is 2.10. The van der Waals surface area contributed by atoms with Gasteiger partial charge in [-0.25, -0.2) is 0 Å². The molecule has 4 heteroatoms. The molecule has 0 aromatic carbocycles. The van der Waals surface area contributed by atoms with Crippen LogP contribution in [0.1, 0.15) is 51.2 Å². The Kier molecular flexibility index (Phi) is 3.28. The van der Waals surface area contributed by atoms with Crippen molar-refractivity contribution in [3.8, 4) is 0 Å². The smallest absolute Gasteiger partial charge is 0.234 e. The van der Waals surface area contributed by atoms with Crippen LogP contribution in [0.3, 0.4) is 0 Å². The highest BCUT2D eigenvalue weighted by atomic mass is 16.5. The molecule has 0 atom stereocenters. The lowest BCUT2D eigenvalue weighted by atomic mass is 9.69. The summed E-state index contributed by atoms with van der Waals surface area (Å²) in [6, 6.07) is 0. The van der Waals surface area contributed by atoms with E-state index >= 15 is 0 Å². The van der Waals surface area contributed by atoms with Gasteiger partial charge in [0.1, 0.15) is 0 Å². The van der Waals surface area contributed by atoms with Crippen LogP contribution in [-0.4, -0.2) is 16.7 Å². The van der Waals surface area contributed by atoms with Crippen LogP contribution in [0, 0.1) is 5.92 Å². The van der Waals surface area contributed by atoms with Crippen molar-refractivity contribution in [3.05, 3.63) is 11.7 Å². The van der Waals surface area contributed by atoms with Gasteiger partial charge >= 0.3 is 0 Å². The monoisotopic (exact) mass is 223 g/mol. The van der Waals surface area contributed by atoms with Crippen molar-refractivity contribution in [3.63, 3.8) is 0 Å². The van der Waals surface area contributed by atoms with Crippen molar-refractivity contribution in [2.75, 3.05) is 6.54 Å². The molecule has 0 amide bonds. The molecule has 1 aliphatic carbocycles. The summed E-state index contributed by atoms with van der Waals surface area (Å²) >= 11 is 0. The van der Waals surface area contributed by atoms with Gasteiger partial charge in [0.25, 0.3) is 0 Å². The third-order valence-corrected chi connectivity index (χ3v) is 3.57. The van der Waals surface area contributed by atoms with E-state index in [0.29, 0.717) is 12.5 Å². The lowest BCUT2D eigenvalue weighted by Gasteiger charge is -2.36. The highest BCUT2D eigenvalue weighted by Gasteiger charge is 2.42. The first-order valence-corrected chi connectivity index (χ1v) is 6.19. The third kappa shape index (κ3) is 2.12. The van der Waals surface area contributed by atoms with E-state index in [1.54, 1.807) is 0 Å². The van der Waals surface area contributed by atoms with E-state index in [1.807, 2.05) is 0 Å². The predicted octanol–water partition coefficient (Wildman–Crippen LogP) is 2.04. The fraction of sp³-hybridized carbons (Fsp3) is 0.833. The van der Waals surface area contributed by atoms with Crippen LogP contribution < -0.4 is 5.73 Å². The van der Waals surface area contributed by atoms with Crippen molar-refractivity contribution in [1.29, 1.82) is 0 Å². The highest BCUT2D eigenvalue weighted by molar-refractivity contribution is 5.11. The van der Waals surface area contributed by atoms with Crippen LogP contribution in [0.4, 0.5) is 0 Å². The van der Waals surface area contributed by atoms with Crippen molar-refractivity contribution in [1.82, 2.24) is 10.1 Å². The molecule has 0 bridgehead atoms. The molecule has 0 spiro atoms. The molecule has 2 rings (SSSR count). The number of aromatic nitrogens is 2. The Morgan fingerprint density at radius 2 is 2.19 bits per heavy atom. The molecule has 1 aliphatic rings. The Morgan fingerprint density at radius 3 is 2.69 bits per heavy atom. The maximum atomic E-state index is 5.80. The molecule has 4 nitrogen and oxygen atoms in total. The zero-order valence-corrected chi connectivity index (χ0v) is 10.2. The minimum absolute atomic E-state index is 0.00306. The Bertz CT molecular complexity index is 336. The van der Waals surface area contributed by atoms with Crippen LogP contribution in [0.2, 0.25) is 0 Å². The van der Waals surface area contributed by atoms with Crippen LogP contribution in [0.5, 0.6) is 0 Å². The summed E-state index contributed by atoms with van der Waals surface area (Å²) in [4.78, 5) is 4.49. The first kappa shape index (κ1) is 11.6. The molecule has 0 unspecified atom stereocenters. The molecular formula is C12H21N3O. The molecule has 2 N–H and O–H groups in total. The molecule has 0 radical (unpaired) electrons. The van der Waals surface area contributed by atoms with Gasteiger partial charge in [0.15, 0.2) is 5.82 Å². The van der Waals surface area contributed by atoms with Gasteiger partial charge in [-0.1, -0.05) is 25.4 Å². The summed E-state index contributed by atoms with van der Waals surface area (Å²) in [6.07, 6.45) is 5.42. The number of hydrogen-bond acceptors (Lipinski definition) is 4. The maximum absolute atomic E-state index is 5.80. The molecular weight excluding hydrogens is 202 g/mol. The number of nitrogens with zero attached hydrogens (tertiary/aromatic N) is 2. The van der Waals surface area contributed by atoms with E-state index in [1.165, 1.54) is 6.42 Å². The van der Waals surface area contributed by atoms with Gasteiger partial charge in [-0.2, -0.15) is 4.98 Å².